The standard InChI is InChI=1S/C12H14BrN3O2S/c1-9-2-3-11(10(13)8-9)19(17,18)16-5-4-12-14-6-7-15-12/h2-3,6-8,16H,4-5H2,1H3,(H,14,15). The van der Waals surface area contributed by atoms with Gasteiger partial charge in [-0.05, 0) is 40.5 Å². The SMILES string of the molecule is Cc1ccc(S(=O)(=O)NCCc2ncc[nH]2)c(Br)c1. The molecule has 7 heteroatoms. The van der Waals surface area contributed by atoms with Crippen LogP contribution in [-0.4, -0.2) is 24.9 Å². The number of nitrogens with zero attached hydrogens (tertiary/aromatic N) is 1. The maximum absolute atomic E-state index is 12.1. The number of aromatic nitrogens is 2. The fraction of sp³-hybridized carbons (Fsp3) is 0.250. The summed E-state index contributed by atoms with van der Waals surface area (Å²) in [7, 11) is -3.50. The van der Waals surface area contributed by atoms with Gasteiger partial charge in [0.15, 0.2) is 0 Å². The van der Waals surface area contributed by atoms with Gasteiger partial charge in [-0.1, -0.05) is 6.07 Å². The van der Waals surface area contributed by atoms with Gasteiger partial charge < -0.3 is 4.98 Å². The summed E-state index contributed by atoms with van der Waals surface area (Å²) < 4.78 is 27.4. The second kappa shape index (κ2) is 5.85. The van der Waals surface area contributed by atoms with Crippen molar-refractivity contribution in [2.45, 2.75) is 18.2 Å². The molecule has 0 atom stereocenters. The molecule has 0 aliphatic carbocycles. The second-order valence-corrected chi connectivity index (χ2v) is 6.71. The highest BCUT2D eigenvalue weighted by atomic mass is 79.9. The average molecular weight is 344 g/mol. The number of imidazole rings is 1. The molecule has 0 bridgehead atoms. The lowest BCUT2D eigenvalue weighted by atomic mass is 10.2. The summed E-state index contributed by atoms with van der Waals surface area (Å²) in [4.78, 5) is 7.21. The van der Waals surface area contributed by atoms with Crippen molar-refractivity contribution in [1.29, 1.82) is 0 Å². The molecular formula is C12H14BrN3O2S. The maximum Gasteiger partial charge on any atom is 0.241 e. The van der Waals surface area contributed by atoms with E-state index in [0.29, 0.717) is 17.4 Å². The first-order valence-electron chi connectivity index (χ1n) is 5.73. The van der Waals surface area contributed by atoms with E-state index >= 15 is 0 Å². The van der Waals surface area contributed by atoms with E-state index in [0.717, 1.165) is 11.4 Å². The Kier molecular flexibility index (Phi) is 4.38. The Morgan fingerprint density at radius 1 is 1.42 bits per heavy atom. The molecule has 102 valence electrons. The number of benzene rings is 1. The molecule has 0 amide bonds. The van der Waals surface area contributed by atoms with Crippen LogP contribution in [0.3, 0.4) is 0 Å². The van der Waals surface area contributed by atoms with Crippen LogP contribution in [0.5, 0.6) is 0 Å². The van der Waals surface area contributed by atoms with Crippen LogP contribution in [0.2, 0.25) is 0 Å². The van der Waals surface area contributed by atoms with Crippen molar-refractivity contribution >= 4 is 26.0 Å². The monoisotopic (exact) mass is 343 g/mol. The molecule has 0 aliphatic rings. The number of sulfonamides is 1. The van der Waals surface area contributed by atoms with Crippen molar-refractivity contribution < 1.29 is 8.42 Å². The number of rotatable bonds is 5. The molecule has 0 fully saturated rings. The number of aromatic amines is 1. The first-order valence-corrected chi connectivity index (χ1v) is 8.01. The van der Waals surface area contributed by atoms with Crippen molar-refractivity contribution in [2.75, 3.05) is 6.54 Å². The highest BCUT2D eigenvalue weighted by Crippen LogP contribution is 2.22. The topological polar surface area (TPSA) is 74.8 Å². The normalized spacial score (nSPS) is 11.7. The Labute approximate surface area is 120 Å². The van der Waals surface area contributed by atoms with E-state index in [1.165, 1.54) is 0 Å². The van der Waals surface area contributed by atoms with E-state index in [4.69, 9.17) is 0 Å². The molecule has 1 aromatic heterocycles. The number of hydrogen-bond acceptors (Lipinski definition) is 3. The van der Waals surface area contributed by atoms with E-state index < -0.39 is 10.0 Å². The van der Waals surface area contributed by atoms with Crippen LogP contribution in [0, 0.1) is 6.92 Å². The Balaban J connectivity index is 2.05. The van der Waals surface area contributed by atoms with Gasteiger partial charge in [-0.3, -0.25) is 0 Å². The second-order valence-electron chi connectivity index (χ2n) is 4.12. The molecule has 0 saturated heterocycles. The Hall–Kier alpha value is -1.18. The molecule has 0 aliphatic heterocycles. The largest absolute Gasteiger partial charge is 0.349 e. The van der Waals surface area contributed by atoms with Gasteiger partial charge in [0.05, 0.1) is 4.90 Å². The minimum absolute atomic E-state index is 0.248. The average Bonchev–Trinajstić information content (AvgIpc) is 2.81. The molecular weight excluding hydrogens is 330 g/mol. The lowest BCUT2D eigenvalue weighted by Gasteiger charge is -2.08. The third-order valence-electron chi connectivity index (χ3n) is 2.59. The zero-order valence-electron chi connectivity index (χ0n) is 10.4. The van der Waals surface area contributed by atoms with Gasteiger partial charge >= 0.3 is 0 Å². The van der Waals surface area contributed by atoms with E-state index in [9.17, 15) is 8.42 Å². The van der Waals surface area contributed by atoms with Crippen LogP contribution in [0.4, 0.5) is 0 Å². The Bertz CT molecular complexity index is 654. The summed E-state index contributed by atoms with van der Waals surface area (Å²) in [6.07, 6.45) is 3.87. The van der Waals surface area contributed by atoms with Crippen LogP contribution in [-0.2, 0) is 16.4 Å². The predicted molar refractivity (Wildman–Crippen MR) is 76.4 cm³/mol. The van der Waals surface area contributed by atoms with Crippen LogP contribution >= 0.6 is 15.9 Å². The molecule has 0 spiro atoms. The van der Waals surface area contributed by atoms with E-state index in [2.05, 4.69) is 30.6 Å². The first-order chi connectivity index (χ1) is 8.99. The molecule has 2 aromatic rings. The highest BCUT2D eigenvalue weighted by Gasteiger charge is 2.16. The summed E-state index contributed by atoms with van der Waals surface area (Å²) in [5.41, 5.74) is 1.00. The van der Waals surface area contributed by atoms with E-state index in [-0.39, 0.29) is 4.90 Å². The van der Waals surface area contributed by atoms with Gasteiger partial charge in [-0.15, -0.1) is 0 Å². The fourth-order valence-electron chi connectivity index (χ4n) is 1.64. The summed E-state index contributed by atoms with van der Waals surface area (Å²) in [6, 6.07) is 5.14. The van der Waals surface area contributed by atoms with Gasteiger partial charge in [0.25, 0.3) is 0 Å². The number of hydrogen-bond donors (Lipinski definition) is 2. The van der Waals surface area contributed by atoms with Crippen molar-refractivity contribution in [1.82, 2.24) is 14.7 Å². The van der Waals surface area contributed by atoms with Crippen molar-refractivity contribution in [2.24, 2.45) is 0 Å². The van der Waals surface area contributed by atoms with Crippen molar-refractivity contribution in [3.8, 4) is 0 Å². The quantitative estimate of drug-likeness (QED) is 0.871. The Morgan fingerprint density at radius 2 is 2.21 bits per heavy atom. The van der Waals surface area contributed by atoms with Gasteiger partial charge in [0.2, 0.25) is 10.0 Å². The number of halogens is 1. The van der Waals surface area contributed by atoms with E-state index in [1.807, 2.05) is 6.92 Å². The molecule has 2 rings (SSSR count). The maximum atomic E-state index is 12.1. The van der Waals surface area contributed by atoms with Crippen molar-refractivity contribution in [3.63, 3.8) is 0 Å². The lowest BCUT2D eigenvalue weighted by Crippen LogP contribution is -2.26. The third kappa shape index (κ3) is 3.65. The van der Waals surface area contributed by atoms with Crippen LogP contribution < -0.4 is 4.72 Å². The van der Waals surface area contributed by atoms with Gasteiger partial charge in [-0.25, -0.2) is 18.1 Å². The van der Waals surface area contributed by atoms with Crippen LogP contribution in [0.25, 0.3) is 0 Å². The highest BCUT2D eigenvalue weighted by molar-refractivity contribution is 9.10. The molecule has 0 saturated carbocycles. The number of H-pyrrole nitrogens is 1. The van der Waals surface area contributed by atoms with Gasteiger partial charge in [0, 0.05) is 29.8 Å². The van der Waals surface area contributed by atoms with Crippen LogP contribution in [0.15, 0.2) is 40.0 Å². The summed E-state index contributed by atoms with van der Waals surface area (Å²) in [5.74, 6) is 0.755. The summed E-state index contributed by atoms with van der Waals surface area (Å²) >= 11 is 3.28. The van der Waals surface area contributed by atoms with Crippen LogP contribution in [0.1, 0.15) is 11.4 Å². The summed E-state index contributed by atoms with van der Waals surface area (Å²) in [6.45, 7) is 2.21. The van der Waals surface area contributed by atoms with E-state index in [1.54, 1.807) is 30.6 Å². The smallest absolute Gasteiger partial charge is 0.241 e. The zero-order valence-corrected chi connectivity index (χ0v) is 12.8. The zero-order chi connectivity index (χ0) is 13.9. The molecule has 0 radical (unpaired) electrons. The molecule has 0 unspecified atom stereocenters. The summed E-state index contributed by atoms with van der Waals surface area (Å²) in [5, 5.41) is 0. The minimum atomic E-state index is -3.50. The number of aryl methyl sites for hydroxylation is 1. The molecule has 5 nitrogen and oxygen atoms in total. The number of nitrogens with one attached hydrogen (secondary N) is 2. The fourth-order valence-corrected chi connectivity index (χ4v) is 3.86. The van der Waals surface area contributed by atoms with Crippen molar-refractivity contribution in [3.05, 3.63) is 46.5 Å². The Morgan fingerprint density at radius 3 is 2.84 bits per heavy atom. The molecule has 1 aromatic carbocycles. The van der Waals surface area contributed by atoms with Gasteiger partial charge in [-0.2, -0.15) is 0 Å². The predicted octanol–water partition coefficient (Wildman–Crippen LogP) is 2.00. The minimum Gasteiger partial charge on any atom is -0.349 e. The lowest BCUT2D eigenvalue weighted by molar-refractivity contribution is 0.580. The third-order valence-corrected chi connectivity index (χ3v) is 5.02. The first kappa shape index (κ1) is 14.2. The molecule has 2 N–H and O–H groups in total. The molecule has 19 heavy (non-hydrogen) atoms. The molecule has 1 heterocycles. The van der Waals surface area contributed by atoms with Gasteiger partial charge in [0.1, 0.15) is 5.82 Å².